The molecular weight excluding hydrogens is 471 g/mol. The van der Waals surface area contributed by atoms with Crippen molar-refractivity contribution in [2.75, 3.05) is 19.8 Å². The van der Waals surface area contributed by atoms with Gasteiger partial charge in [0.25, 0.3) is 0 Å². The van der Waals surface area contributed by atoms with E-state index in [0.717, 1.165) is 0 Å². The van der Waals surface area contributed by atoms with Gasteiger partial charge in [-0.3, -0.25) is 0 Å². The van der Waals surface area contributed by atoms with Gasteiger partial charge in [0.05, 0.1) is 19.8 Å². The Kier molecular flexibility index (Phi) is 9.37. The van der Waals surface area contributed by atoms with Crippen molar-refractivity contribution in [3.8, 4) is 0 Å². The smallest absolute Gasteiger partial charge is 0.186 e. The second kappa shape index (κ2) is 11.6. The molecule has 2 aliphatic rings. The van der Waals surface area contributed by atoms with Crippen LogP contribution in [0, 0.1) is 5.82 Å². The summed E-state index contributed by atoms with van der Waals surface area (Å²) in [7, 11) is 0. The number of benzene rings is 1. The molecule has 33 heavy (non-hydrogen) atoms. The molecule has 0 radical (unpaired) electrons. The topological polar surface area (TPSA) is 179 Å². The zero-order chi connectivity index (χ0) is 24.3. The van der Waals surface area contributed by atoms with Crippen LogP contribution in [0.3, 0.4) is 0 Å². The van der Waals surface area contributed by atoms with Crippen molar-refractivity contribution in [3.63, 3.8) is 0 Å². The molecule has 13 heteroatoms. The van der Waals surface area contributed by atoms with E-state index in [1.54, 1.807) is 0 Å². The Morgan fingerprint density at radius 2 is 1.39 bits per heavy atom. The standard InChI is InChI=1S/C20H28ClFO11/c21-9-2-1-3-10(22)8(9)4-5-30-19-17(28)16(27)14(25)12(33-19)7-31-20-18(29)15(26)13(24)11(6-23)32-20/h1-3,11-20,23-29H,4-7H2/t11-,12-,13-,14-,15+,16+,17-,18-,19-,20-/m1/s1. The first-order chi connectivity index (χ1) is 15.6. The van der Waals surface area contributed by atoms with Gasteiger partial charge in [-0.2, -0.15) is 0 Å². The number of halogens is 2. The zero-order valence-corrected chi connectivity index (χ0v) is 18.1. The summed E-state index contributed by atoms with van der Waals surface area (Å²) in [5.41, 5.74) is 0.201. The lowest BCUT2D eigenvalue weighted by Gasteiger charge is -2.42. The fourth-order valence-electron chi connectivity index (χ4n) is 3.64. The summed E-state index contributed by atoms with van der Waals surface area (Å²) in [5.74, 6) is -0.530. The first-order valence-corrected chi connectivity index (χ1v) is 10.7. The Labute approximate surface area is 193 Å². The molecule has 11 nitrogen and oxygen atoms in total. The molecule has 0 aliphatic carbocycles. The maximum atomic E-state index is 13.9. The molecule has 7 N–H and O–H groups in total. The van der Waals surface area contributed by atoms with E-state index in [9.17, 15) is 40.1 Å². The minimum absolute atomic E-state index is 0.0444. The second-order valence-corrected chi connectivity index (χ2v) is 8.27. The molecule has 0 aromatic heterocycles. The van der Waals surface area contributed by atoms with Gasteiger partial charge in [0.2, 0.25) is 0 Å². The molecule has 0 unspecified atom stereocenters. The average Bonchev–Trinajstić information content (AvgIpc) is 2.79. The SMILES string of the molecule is OC[C@H]1O[C@@H](OC[C@H]2O[C@@H](OCCc3c(F)cccc3Cl)[C@H](O)[C@@H](O)[C@@H]2O)[C@H](O)[C@@H](O)[C@@H]1O. The lowest BCUT2D eigenvalue weighted by atomic mass is 9.98. The number of aliphatic hydroxyl groups excluding tert-OH is 7. The minimum Gasteiger partial charge on any atom is -0.394 e. The van der Waals surface area contributed by atoms with Crippen LogP contribution >= 0.6 is 11.6 Å². The van der Waals surface area contributed by atoms with E-state index in [1.165, 1.54) is 18.2 Å². The van der Waals surface area contributed by atoms with Gasteiger partial charge in [0.15, 0.2) is 12.6 Å². The van der Waals surface area contributed by atoms with Crippen molar-refractivity contribution in [2.24, 2.45) is 0 Å². The van der Waals surface area contributed by atoms with Gasteiger partial charge in [-0.1, -0.05) is 17.7 Å². The third-order valence-electron chi connectivity index (χ3n) is 5.64. The third kappa shape index (κ3) is 5.99. The number of hydrogen-bond acceptors (Lipinski definition) is 11. The molecule has 188 valence electrons. The molecule has 2 fully saturated rings. The second-order valence-electron chi connectivity index (χ2n) is 7.87. The fraction of sp³-hybridized carbons (Fsp3) is 0.700. The molecule has 0 saturated carbocycles. The highest BCUT2D eigenvalue weighted by Crippen LogP contribution is 2.26. The Hall–Kier alpha value is -1.00. The van der Waals surface area contributed by atoms with Crippen molar-refractivity contribution < 1.29 is 59.1 Å². The van der Waals surface area contributed by atoms with Crippen LogP contribution in [-0.2, 0) is 25.4 Å². The summed E-state index contributed by atoms with van der Waals surface area (Å²) in [6.07, 6.45) is -15.1. The van der Waals surface area contributed by atoms with Gasteiger partial charge in [0, 0.05) is 17.0 Å². The summed E-state index contributed by atoms with van der Waals surface area (Å²) in [4.78, 5) is 0. The maximum Gasteiger partial charge on any atom is 0.186 e. The van der Waals surface area contributed by atoms with Gasteiger partial charge < -0.3 is 54.7 Å². The van der Waals surface area contributed by atoms with Crippen LogP contribution in [-0.4, -0.2) is 117 Å². The molecular formula is C20H28ClFO11. The molecule has 1 aromatic rings. The Morgan fingerprint density at radius 3 is 2.00 bits per heavy atom. The van der Waals surface area contributed by atoms with Crippen molar-refractivity contribution in [1.82, 2.24) is 0 Å². The Balaban J connectivity index is 1.57. The lowest BCUT2D eigenvalue weighted by Crippen LogP contribution is -2.61. The quantitative estimate of drug-likeness (QED) is 0.204. The largest absolute Gasteiger partial charge is 0.394 e. The number of rotatable bonds is 8. The molecule has 2 aliphatic heterocycles. The first kappa shape index (κ1) is 26.6. The summed E-state index contributed by atoms with van der Waals surface area (Å²) in [5, 5.41) is 69.6. The van der Waals surface area contributed by atoms with Crippen molar-refractivity contribution in [1.29, 1.82) is 0 Å². The van der Waals surface area contributed by atoms with Gasteiger partial charge in [-0.25, -0.2) is 4.39 Å². The van der Waals surface area contributed by atoms with Gasteiger partial charge >= 0.3 is 0 Å². The average molecular weight is 499 g/mol. The summed E-state index contributed by atoms with van der Waals surface area (Å²) in [6, 6.07) is 4.20. The Bertz CT molecular complexity index is 751. The number of ether oxygens (including phenoxy) is 4. The van der Waals surface area contributed by atoms with Crippen LogP contribution in [0.25, 0.3) is 0 Å². The monoisotopic (exact) mass is 498 g/mol. The highest BCUT2D eigenvalue weighted by atomic mass is 35.5. The van der Waals surface area contributed by atoms with Crippen LogP contribution in [0.2, 0.25) is 5.02 Å². The van der Waals surface area contributed by atoms with Crippen LogP contribution in [0.1, 0.15) is 5.56 Å². The van der Waals surface area contributed by atoms with Gasteiger partial charge in [-0.15, -0.1) is 0 Å². The number of hydrogen-bond donors (Lipinski definition) is 7. The molecule has 10 atom stereocenters. The molecule has 3 rings (SSSR count). The van der Waals surface area contributed by atoms with E-state index in [4.69, 9.17) is 30.5 Å². The molecule has 1 aromatic carbocycles. The maximum absolute atomic E-state index is 13.9. The Morgan fingerprint density at radius 1 is 0.818 bits per heavy atom. The zero-order valence-electron chi connectivity index (χ0n) is 17.4. The van der Waals surface area contributed by atoms with E-state index >= 15 is 0 Å². The molecule has 2 saturated heterocycles. The molecule has 0 spiro atoms. The predicted octanol–water partition coefficient (Wildman–Crippen LogP) is -2.34. The van der Waals surface area contributed by atoms with Crippen LogP contribution < -0.4 is 0 Å². The van der Waals surface area contributed by atoms with E-state index < -0.39 is 80.4 Å². The van der Waals surface area contributed by atoms with Crippen molar-refractivity contribution >= 4 is 11.6 Å². The highest BCUT2D eigenvalue weighted by Gasteiger charge is 2.47. The van der Waals surface area contributed by atoms with Crippen molar-refractivity contribution in [3.05, 3.63) is 34.6 Å². The van der Waals surface area contributed by atoms with E-state index in [-0.39, 0.29) is 23.6 Å². The molecule has 2 heterocycles. The number of aliphatic hydroxyl groups is 7. The third-order valence-corrected chi connectivity index (χ3v) is 5.99. The predicted molar refractivity (Wildman–Crippen MR) is 107 cm³/mol. The van der Waals surface area contributed by atoms with Crippen LogP contribution in [0.5, 0.6) is 0 Å². The van der Waals surface area contributed by atoms with E-state index in [0.29, 0.717) is 0 Å². The van der Waals surface area contributed by atoms with Gasteiger partial charge in [-0.05, 0) is 12.1 Å². The van der Waals surface area contributed by atoms with Crippen molar-refractivity contribution in [2.45, 2.75) is 67.8 Å². The van der Waals surface area contributed by atoms with E-state index in [2.05, 4.69) is 0 Å². The summed E-state index contributed by atoms with van der Waals surface area (Å²) < 4.78 is 35.3. The molecule has 0 amide bonds. The first-order valence-electron chi connectivity index (χ1n) is 10.3. The van der Waals surface area contributed by atoms with Crippen LogP contribution in [0.15, 0.2) is 18.2 Å². The van der Waals surface area contributed by atoms with E-state index in [1.807, 2.05) is 0 Å². The lowest BCUT2D eigenvalue weighted by molar-refractivity contribution is -0.331. The normalized spacial score (nSPS) is 39.5. The van der Waals surface area contributed by atoms with Crippen LogP contribution in [0.4, 0.5) is 4.39 Å². The summed E-state index contributed by atoms with van der Waals surface area (Å²) >= 11 is 5.96. The van der Waals surface area contributed by atoms with Gasteiger partial charge in [0.1, 0.15) is 54.6 Å². The molecule has 0 bridgehead atoms. The fourth-order valence-corrected chi connectivity index (χ4v) is 3.89. The highest BCUT2D eigenvalue weighted by molar-refractivity contribution is 6.31. The minimum atomic E-state index is -1.68. The summed E-state index contributed by atoms with van der Waals surface area (Å²) in [6.45, 7) is -1.27.